The fraction of sp³-hybridized carbons (Fsp3) is 0.130. The molecule has 1 aliphatic heterocycles. The first-order chi connectivity index (χ1) is 14.6. The Kier molecular flexibility index (Phi) is 5.61. The van der Waals surface area contributed by atoms with Crippen LogP contribution in [0, 0.1) is 5.82 Å². The Morgan fingerprint density at radius 1 is 0.967 bits per heavy atom. The number of nitrogens with one attached hydrogen (secondary N) is 1. The van der Waals surface area contributed by atoms with Gasteiger partial charge in [0.15, 0.2) is 11.5 Å². The van der Waals surface area contributed by atoms with Gasteiger partial charge in [-0.3, -0.25) is 4.79 Å². The second-order valence-corrected chi connectivity index (χ2v) is 6.61. The highest BCUT2D eigenvalue weighted by Crippen LogP contribution is 2.32. The van der Waals surface area contributed by atoms with Crippen molar-refractivity contribution < 1.29 is 28.2 Å². The molecule has 3 aromatic rings. The lowest BCUT2D eigenvalue weighted by atomic mass is 10.1. The van der Waals surface area contributed by atoms with Gasteiger partial charge in [0, 0.05) is 12.1 Å². The van der Waals surface area contributed by atoms with Gasteiger partial charge in [-0.05, 0) is 42.0 Å². The highest BCUT2D eigenvalue weighted by Gasteiger charge is 2.25. The van der Waals surface area contributed by atoms with Gasteiger partial charge in [-0.2, -0.15) is 0 Å². The fourth-order valence-electron chi connectivity index (χ4n) is 2.99. The number of rotatable bonds is 6. The zero-order valence-corrected chi connectivity index (χ0v) is 15.8. The van der Waals surface area contributed by atoms with Crippen LogP contribution in [0.4, 0.5) is 4.39 Å². The second kappa shape index (κ2) is 8.65. The zero-order chi connectivity index (χ0) is 20.9. The Bertz CT molecular complexity index is 1050. The summed E-state index contributed by atoms with van der Waals surface area (Å²) in [7, 11) is 0. The number of hydrogen-bond donors (Lipinski definition) is 1. The van der Waals surface area contributed by atoms with Crippen molar-refractivity contribution in [3.8, 4) is 11.5 Å². The van der Waals surface area contributed by atoms with E-state index in [1.165, 1.54) is 12.1 Å². The van der Waals surface area contributed by atoms with Gasteiger partial charge in [0.25, 0.3) is 5.91 Å². The summed E-state index contributed by atoms with van der Waals surface area (Å²) in [5.41, 5.74) is 1.49. The quantitative estimate of drug-likeness (QED) is 0.630. The van der Waals surface area contributed by atoms with Crippen LogP contribution in [0.25, 0.3) is 0 Å². The smallest absolute Gasteiger partial charge is 0.339 e. The predicted octanol–water partition coefficient (Wildman–Crippen LogP) is 3.77. The number of ether oxygens (including phenoxy) is 3. The lowest BCUT2D eigenvalue weighted by molar-refractivity contribution is -0.130. The normalized spacial score (nSPS) is 12.8. The van der Waals surface area contributed by atoms with Gasteiger partial charge >= 0.3 is 5.97 Å². The van der Waals surface area contributed by atoms with Crippen LogP contribution in [0.3, 0.4) is 0 Å². The third-order valence-corrected chi connectivity index (χ3v) is 4.55. The summed E-state index contributed by atoms with van der Waals surface area (Å²) in [6.45, 7) is 0.382. The molecule has 0 unspecified atom stereocenters. The van der Waals surface area contributed by atoms with Crippen molar-refractivity contribution >= 4 is 11.9 Å². The minimum absolute atomic E-state index is 0.154. The van der Waals surface area contributed by atoms with Crippen LogP contribution in [0.2, 0.25) is 0 Å². The van der Waals surface area contributed by atoms with Crippen molar-refractivity contribution in [2.75, 3.05) is 6.79 Å². The van der Waals surface area contributed by atoms with Gasteiger partial charge in [0.05, 0.1) is 5.56 Å². The number of hydrogen-bond acceptors (Lipinski definition) is 5. The van der Waals surface area contributed by atoms with Crippen molar-refractivity contribution in [1.29, 1.82) is 0 Å². The van der Waals surface area contributed by atoms with E-state index >= 15 is 0 Å². The van der Waals surface area contributed by atoms with Gasteiger partial charge in [-0.15, -0.1) is 0 Å². The van der Waals surface area contributed by atoms with Gasteiger partial charge in [-0.1, -0.05) is 36.4 Å². The molecule has 1 N–H and O–H groups in total. The molecule has 6 nitrogen and oxygen atoms in total. The number of esters is 1. The molecule has 0 saturated carbocycles. The average molecular weight is 407 g/mol. The SMILES string of the molecule is O=C(O[C@@H](C(=O)NCc1ccc2c(c1)OCO2)c1ccccc1)c1ccc(F)cc1. The lowest BCUT2D eigenvalue weighted by Crippen LogP contribution is -2.31. The molecule has 0 aliphatic carbocycles. The zero-order valence-electron chi connectivity index (χ0n) is 15.8. The maximum Gasteiger partial charge on any atom is 0.339 e. The standard InChI is InChI=1S/C23H18FNO5/c24-18-9-7-17(8-10-18)23(27)30-21(16-4-2-1-3-5-16)22(26)25-13-15-6-11-19-20(12-15)29-14-28-19/h1-12,21H,13-14H2,(H,25,26)/t21-/m1/s1. The number of amides is 1. The first-order valence-electron chi connectivity index (χ1n) is 9.28. The molecule has 4 rings (SSSR count). The third-order valence-electron chi connectivity index (χ3n) is 4.55. The summed E-state index contributed by atoms with van der Waals surface area (Å²) < 4.78 is 29.2. The predicted molar refractivity (Wildman–Crippen MR) is 105 cm³/mol. The molecular weight excluding hydrogens is 389 g/mol. The molecule has 152 valence electrons. The molecule has 1 amide bonds. The molecule has 0 bridgehead atoms. The van der Waals surface area contributed by atoms with Crippen LogP contribution in [-0.2, 0) is 16.1 Å². The number of fused-ring (bicyclic) bond motifs is 1. The molecular formula is C23H18FNO5. The molecule has 0 aromatic heterocycles. The van der Waals surface area contributed by atoms with E-state index in [-0.39, 0.29) is 18.9 Å². The van der Waals surface area contributed by atoms with E-state index in [0.29, 0.717) is 17.1 Å². The Labute approximate surface area is 172 Å². The molecule has 1 aliphatic rings. The summed E-state index contributed by atoms with van der Waals surface area (Å²) in [6, 6.07) is 19.0. The van der Waals surface area contributed by atoms with Crippen molar-refractivity contribution in [2.24, 2.45) is 0 Å². The number of benzene rings is 3. The molecule has 0 radical (unpaired) electrons. The molecule has 3 aromatic carbocycles. The van der Waals surface area contributed by atoms with E-state index in [9.17, 15) is 14.0 Å². The molecule has 30 heavy (non-hydrogen) atoms. The van der Waals surface area contributed by atoms with E-state index in [1.54, 1.807) is 42.5 Å². The van der Waals surface area contributed by atoms with Crippen LogP contribution < -0.4 is 14.8 Å². The van der Waals surface area contributed by atoms with Gasteiger partial charge in [-0.25, -0.2) is 9.18 Å². The Balaban J connectivity index is 1.48. The molecule has 1 heterocycles. The van der Waals surface area contributed by atoms with Crippen molar-refractivity contribution in [1.82, 2.24) is 5.32 Å². The molecule has 0 fully saturated rings. The lowest BCUT2D eigenvalue weighted by Gasteiger charge is -2.18. The first kappa shape index (κ1) is 19.4. The summed E-state index contributed by atoms with van der Waals surface area (Å²) in [4.78, 5) is 25.4. The van der Waals surface area contributed by atoms with Crippen LogP contribution in [0.15, 0.2) is 72.8 Å². The van der Waals surface area contributed by atoms with Crippen LogP contribution in [-0.4, -0.2) is 18.7 Å². The van der Waals surface area contributed by atoms with Crippen LogP contribution in [0.1, 0.15) is 27.6 Å². The van der Waals surface area contributed by atoms with E-state index < -0.39 is 23.8 Å². The molecule has 0 spiro atoms. The highest BCUT2D eigenvalue weighted by atomic mass is 19.1. The monoisotopic (exact) mass is 407 g/mol. The molecule has 0 saturated heterocycles. The number of carbonyl (C=O) groups excluding carboxylic acids is 2. The van der Waals surface area contributed by atoms with Crippen molar-refractivity contribution in [2.45, 2.75) is 12.6 Å². The highest BCUT2D eigenvalue weighted by molar-refractivity contribution is 5.92. The average Bonchev–Trinajstić information content (AvgIpc) is 3.24. The van der Waals surface area contributed by atoms with Gasteiger partial charge in [0.1, 0.15) is 5.82 Å². The van der Waals surface area contributed by atoms with E-state index in [1.807, 2.05) is 6.07 Å². The summed E-state index contributed by atoms with van der Waals surface area (Å²) in [5, 5.41) is 2.78. The van der Waals surface area contributed by atoms with Crippen LogP contribution in [0.5, 0.6) is 11.5 Å². The Morgan fingerprint density at radius 3 is 2.47 bits per heavy atom. The van der Waals surface area contributed by atoms with E-state index in [4.69, 9.17) is 14.2 Å². The third kappa shape index (κ3) is 4.41. The second-order valence-electron chi connectivity index (χ2n) is 6.61. The topological polar surface area (TPSA) is 73.9 Å². The maximum absolute atomic E-state index is 13.1. The van der Waals surface area contributed by atoms with Crippen molar-refractivity contribution in [3.05, 3.63) is 95.3 Å². The maximum atomic E-state index is 13.1. The minimum atomic E-state index is -1.15. The fourth-order valence-corrected chi connectivity index (χ4v) is 2.99. The van der Waals surface area contributed by atoms with Gasteiger partial charge < -0.3 is 19.5 Å². The Morgan fingerprint density at radius 2 is 1.70 bits per heavy atom. The first-order valence-corrected chi connectivity index (χ1v) is 9.28. The summed E-state index contributed by atoms with van der Waals surface area (Å²) in [6.07, 6.45) is -1.15. The molecule has 7 heteroatoms. The summed E-state index contributed by atoms with van der Waals surface area (Å²) >= 11 is 0. The number of halogens is 1. The van der Waals surface area contributed by atoms with Crippen LogP contribution >= 0.6 is 0 Å². The Hall–Kier alpha value is -3.87. The van der Waals surface area contributed by atoms with E-state index in [2.05, 4.69) is 5.32 Å². The van der Waals surface area contributed by atoms with Gasteiger partial charge in [0.2, 0.25) is 12.9 Å². The molecule has 1 atom stereocenters. The van der Waals surface area contributed by atoms with E-state index in [0.717, 1.165) is 17.7 Å². The summed E-state index contributed by atoms with van der Waals surface area (Å²) in [5.74, 6) is -0.395. The van der Waals surface area contributed by atoms with Crippen molar-refractivity contribution in [3.63, 3.8) is 0 Å². The minimum Gasteiger partial charge on any atom is -0.454 e. The number of carbonyl (C=O) groups is 2. The largest absolute Gasteiger partial charge is 0.454 e.